The summed E-state index contributed by atoms with van der Waals surface area (Å²) < 4.78 is 0. The van der Waals surface area contributed by atoms with Gasteiger partial charge in [0.05, 0.1) is 12.0 Å². The highest BCUT2D eigenvalue weighted by Gasteiger charge is 2.32. The molecule has 3 heterocycles. The first kappa shape index (κ1) is 16.1. The van der Waals surface area contributed by atoms with Crippen molar-refractivity contribution in [3.05, 3.63) is 51.5 Å². The van der Waals surface area contributed by atoms with Gasteiger partial charge in [-0.3, -0.25) is 14.7 Å². The summed E-state index contributed by atoms with van der Waals surface area (Å²) in [7, 11) is 0. The van der Waals surface area contributed by atoms with Crippen LogP contribution in [0.2, 0.25) is 0 Å². The molecule has 2 unspecified atom stereocenters. The number of nitrogens with zero attached hydrogens (tertiary/aromatic N) is 2. The van der Waals surface area contributed by atoms with Gasteiger partial charge in [0.15, 0.2) is 0 Å². The molecular weight excluding hydrogens is 308 g/mol. The predicted octanol–water partition coefficient (Wildman–Crippen LogP) is 3.65. The molecule has 0 spiro atoms. The number of hydrogen-bond acceptors (Lipinski definition) is 4. The smallest absolute Gasteiger partial charge is 0.307 e. The van der Waals surface area contributed by atoms with E-state index in [1.165, 1.54) is 15.3 Å². The van der Waals surface area contributed by atoms with Crippen molar-refractivity contribution >= 4 is 17.3 Å². The molecule has 0 aliphatic carbocycles. The number of carboxylic acid groups (broad SMARTS) is 1. The van der Waals surface area contributed by atoms with E-state index in [1.807, 2.05) is 12.4 Å². The van der Waals surface area contributed by atoms with E-state index in [1.54, 1.807) is 11.3 Å². The van der Waals surface area contributed by atoms with Crippen molar-refractivity contribution in [2.75, 3.05) is 13.1 Å². The van der Waals surface area contributed by atoms with Crippen molar-refractivity contribution in [1.82, 2.24) is 9.88 Å². The van der Waals surface area contributed by atoms with Crippen LogP contribution in [-0.4, -0.2) is 34.0 Å². The molecule has 1 aliphatic rings. The van der Waals surface area contributed by atoms with Crippen LogP contribution < -0.4 is 0 Å². The Bertz CT molecular complexity index is 698. The Hall–Kier alpha value is -1.72. The monoisotopic (exact) mass is 330 g/mol. The fourth-order valence-electron chi connectivity index (χ4n) is 3.36. The second-order valence-corrected chi connectivity index (χ2v) is 7.58. The van der Waals surface area contributed by atoms with Crippen molar-refractivity contribution in [3.63, 3.8) is 0 Å². The molecule has 0 saturated carbocycles. The maximum atomic E-state index is 11.4. The minimum Gasteiger partial charge on any atom is -0.481 e. The number of aryl methyl sites for hydroxylation is 2. The number of carbonyl (C=O) groups is 1. The van der Waals surface area contributed by atoms with Gasteiger partial charge in [0.1, 0.15) is 0 Å². The van der Waals surface area contributed by atoms with Gasteiger partial charge in [-0.25, -0.2) is 0 Å². The van der Waals surface area contributed by atoms with Crippen molar-refractivity contribution in [1.29, 1.82) is 0 Å². The summed E-state index contributed by atoms with van der Waals surface area (Å²) in [5.41, 5.74) is 2.38. The molecule has 1 aliphatic heterocycles. The number of hydrogen-bond donors (Lipinski definition) is 1. The number of aliphatic carboxylic acids is 1. The van der Waals surface area contributed by atoms with Gasteiger partial charge in [0.25, 0.3) is 0 Å². The van der Waals surface area contributed by atoms with Crippen LogP contribution in [-0.2, 0) is 4.79 Å². The van der Waals surface area contributed by atoms with Crippen molar-refractivity contribution in [2.45, 2.75) is 32.7 Å². The topological polar surface area (TPSA) is 53.4 Å². The molecule has 0 radical (unpaired) electrons. The highest BCUT2D eigenvalue weighted by Crippen LogP contribution is 2.37. The Morgan fingerprint density at radius 1 is 1.39 bits per heavy atom. The Kier molecular flexibility index (Phi) is 4.78. The number of thiophene rings is 1. The summed E-state index contributed by atoms with van der Waals surface area (Å²) in [6.07, 6.45) is 5.43. The van der Waals surface area contributed by atoms with Gasteiger partial charge in [-0.15, -0.1) is 11.3 Å². The first-order valence-corrected chi connectivity index (χ1v) is 8.81. The van der Waals surface area contributed by atoms with Crippen LogP contribution in [0.3, 0.4) is 0 Å². The molecule has 122 valence electrons. The number of carboxylic acids is 1. The maximum absolute atomic E-state index is 11.4. The number of rotatable bonds is 4. The summed E-state index contributed by atoms with van der Waals surface area (Å²) in [6, 6.07) is 6.51. The van der Waals surface area contributed by atoms with Gasteiger partial charge in [-0.05, 0) is 62.6 Å². The molecule has 2 aromatic rings. The van der Waals surface area contributed by atoms with Crippen LogP contribution >= 0.6 is 11.3 Å². The molecule has 3 rings (SSSR count). The van der Waals surface area contributed by atoms with E-state index in [4.69, 9.17) is 0 Å². The SMILES string of the molecule is Cc1ccc(C(c2ccncc2C)N2CCCC(C(=O)O)C2)s1. The number of piperidine rings is 1. The van der Waals surface area contributed by atoms with Crippen molar-refractivity contribution < 1.29 is 9.90 Å². The van der Waals surface area contributed by atoms with Gasteiger partial charge >= 0.3 is 5.97 Å². The fourth-order valence-corrected chi connectivity index (χ4v) is 4.40. The molecule has 2 aromatic heterocycles. The third-order valence-electron chi connectivity index (χ3n) is 4.56. The second kappa shape index (κ2) is 6.81. The molecule has 23 heavy (non-hydrogen) atoms. The highest BCUT2D eigenvalue weighted by atomic mass is 32.1. The Labute approximate surface area is 140 Å². The van der Waals surface area contributed by atoms with E-state index >= 15 is 0 Å². The quantitative estimate of drug-likeness (QED) is 0.930. The van der Waals surface area contributed by atoms with Gasteiger partial charge in [-0.1, -0.05) is 0 Å². The first-order valence-electron chi connectivity index (χ1n) is 8.00. The molecule has 0 bridgehead atoms. The third-order valence-corrected chi connectivity index (χ3v) is 5.61. The lowest BCUT2D eigenvalue weighted by molar-refractivity contribution is -0.143. The molecule has 4 nitrogen and oxygen atoms in total. The van der Waals surface area contributed by atoms with Gasteiger partial charge in [0.2, 0.25) is 0 Å². The van der Waals surface area contributed by atoms with Gasteiger partial charge < -0.3 is 5.11 Å². The van der Waals surface area contributed by atoms with Crippen LogP contribution in [0.4, 0.5) is 0 Å². The lowest BCUT2D eigenvalue weighted by Gasteiger charge is -2.37. The van der Waals surface area contributed by atoms with Crippen molar-refractivity contribution in [3.8, 4) is 0 Å². The molecule has 0 aromatic carbocycles. The number of pyridine rings is 1. The summed E-state index contributed by atoms with van der Waals surface area (Å²) in [5, 5.41) is 9.40. The molecule has 1 fully saturated rings. The average molecular weight is 330 g/mol. The predicted molar refractivity (Wildman–Crippen MR) is 91.8 cm³/mol. The zero-order valence-electron chi connectivity index (χ0n) is 13.5. The standard InChI is InChI=1S/C18H22N2O2S/c1-12-10-19-8-7-15(12)17(16-6-5-13(2)23-16)20-9-3-4-14(11-20)18(21)22/h5-8,10,14,17H,3-4,9,11H2,1-2H3,(H,21,22). The Balaban J connectivity index is 1.98. The van der Waals surface area contributed by atoms with Gasteiger partial charge in [0, 0.05) is 28.7 Å². The van der Waals surface area contributed by atoms with E-state index < -0.39 is 5.97 Å². The molecular formula is C18H22N2O2S. The average Bonchev–Trinajstić information content (AvgIpc) is 2.96. The number of likely N-dealkylation sites (tertiary alicyclic amines) is 1. The normalized spacial score (nSPS) is 20.3. The molecule has 1 saturated heterocycles. The third kappa shape index (κ3) is 3.46. The number of aromatic nitrogens is 1. The molecule has 2 atom stereocenters. The zero-order valence-corrected chi connectivity index (χ0v) is 14.3. The van der Waals surface area contributed by atoms with Crippen LogP contribution in [0.5, 0.6) is 0 Å². The Morgan fingerprint density at radius 3 is 2.87 bits per heavy atom. The van der Waals surface area contributed by atoms with Crippen LogP contribution in [0.15, 0.2) is 30.6 Å². The lowest BCUT2D eigenvalue weighted by atomic mass is 9.93. The lowest BCUT2D eigenvalue weighted by Crippen LogP contribution is -2.41. The van der Waals surface area contributed by atoms with Crippen LogP contribution in [0, 0.1) is 19.8 Å². The molecule has 1 N–H and O–H groups in total. The molecule has 5 heteroatoms. The first-order chi connectivity index (χ1) is 11.1. The minimum atomic E-state index is -0.678. The van der Waals surface area contributed by atoms with Crippen molar-refractivity contribution in [2.24, 2.45) is 5.92 Å². The summed E-state index contributed by atoms with van der Waals surface area (Å²) in [5.74, 6) is -0.947. The summed E-state index contributed by atoms with van der Waals surface area (Å²) in [4.78, 5) is 20.5. The second-order valence-electron chi connectivity index (χ2n) is 6.26. The van der Waals surface area contributed by atoms with E-state index in [-0.39, 0.29) is 12.0 Å². The largest absolute Gasteiger partial charge is 0.481 e. The van der Waals surface area contributed by atoms with E-state index in [0.717, 1.165) is 24.9 Å². The van der Waals surface area contributed by atoms with Gasteiger partial charge in [-0.2, -0.15) is 0 Å². The van der Waals surface area contributed by atoms with E-state index in [2.05, 4.69) is 41.9 Å². The Morgan fingerprint density at radius 2 is 2.22 bits per heavy atom. The summed E-state index contributed by atoms with van der Waals surface area (Å²) in [6.45, 7) is 5.74. The van der Waals surface area contributed by atoms with Crippen LogP contribution in [0.25, 0.3) is 0 Å². The fraction of sp³-hybridized carbons (Fsp3) is 0.444. The van der Waals surface area contributed by atoms with E-state index in [0.29, 0.717) is 6.54 Å². The summed E-state index contributed by atoms with van der Waals surface area (Å²) >= 11 is 1.79. The maximum Gasteiger partial charge on any atom is 0.307 e. The van der Waals surface area contributed by atoms with Crippen LogP contribution in [0.1, 0.15) is 39.8 Å². The van der Waals surface area contributed by atoms with E-state index in [9.17, 15) is 9.90 Å². The minimum absolute atomic E-state index is 0.124. The highest BCUT2D eigenvalue weighted by molar-refractivity contribution is 7.12. The zero-order chi connectivity index (χ0) is 16.4. The molecule has 0 amide bonds.